The van der Waals surface area contributed by atoms with Crippen LogP contribution in [-0.4, -0.2) is 17.4 Å². The van der Waals surface area contributed by atoms with E-state index in [0.717, 1.165) is 16.3 Å². The fourth-order valence-electron chi connectivity index (χ4n) is 1.95. The van der Waals surface area contributed by atoms with Crippen molar-refractivity contribution in [3.8, 4) is 0 Å². The highest BCUT2D eigenvalue weighted by molar-refractivity contribution is 6.31. The van der Waals surface area contributed by atoms with Crippen LogP contribution in [-0.2, 0) is 16.0 Å². The van der Waals surface area contributed by atoms with Crippen LogP contribution >= 0.6 is 11.6 Å². The number of aliphatic carboxylic acids is 1. The van der Waals surface area contributed by atoms with Crippen LogP contribution < -0.4 is 0 Å². The summed E-state index contributed by atoms with van der Waals surface area (Å²) in [6.07, 6.45) is 0.609. The van der Waals surface area contributed by atoms with Crippen molar-refractivity contribution in [1.29, 1.82) is 0 Å². The average Bonchev–Trinajstić information content (AvgIpc) is 2.35. The van der Waals surface area contributed by atoms with Gasteiger partial charge in [-0.2, -0.15) is 0 Å². The Balaban J connectivity index is 2.49. The number of benzene rings is 2. The average molecular weight is 263 g/mol. The third kappa shape index (κ3) is 2.51. The Kier molecular flexibility index (Phi) is 3.63. The molecule has 2 aromatic carbocycles. The van der Waals surface area contributed by atoms with Crippen molar-refractivity contribution in [2.45, 2.75) is 6.42 Å². The molecule has 0 heterocycles. The minimum Gasteiger partial charge on any atom is -0.481 e. The van der Waals surface area contributed by atoms with Crippen LogP contribution in [0.15, 0.2) is 36.4 Å². The van der Waals surface area contributed by atoms with Gasteiger partial charge in [-0.1, -0.05) is 35.9 Å². The molecule has 3 nitrogen and oxygen atoms in total. The molecule has 0 fully saturated rings. The van der Waals surface area contributed by atoms with Gasteiger partial charge in [0.15, 0.2) is 0 Å². The van der Waals surface area contributed by atoms with Crippen LogP contribution in [0.5, 0.6) is 0 Å². The van der Waals surface area contributed by atoms with Crippen LogP contribution in [0.3, 0.4) is 0 Å². The monoisotopic (exact) mass is 262 g/mol. The lowest BCUT2D eigenvalue weighted by Gasteiger charge is -2.09. The first-order valence-corrected chi connectivity index (χ1v) is 5.85. The molecule has 0 aromatic heterocycles. The second-order valence-corrected chi connectivity index (χ2v) is 4.51. The quantitative estimate of drug-likeness (QED) is 0.681. The van der Waals surface area contributed by atoms with Crippen molar-refractivity contribution in [3.63, 3.8) is 0 Å². The molecule has 1 N–H and O–H groups in total. The normalized spacial score (nSPS) is 12.3. The lowest BCUT2D eigenvalue weighted by Crippen LogP contribution is -2.17. The van der Waals surface area contributed by atoms with E-state index in [1.807, 2.05) is 30.3 Å². The molecule has 0 bridgehead atoms. The first kappa shape index (κ1) is 12.6. The molecule has 2 rings (SSSR count). The Morgan fingerprint density at radius 1 is 1.33 bits per heavy atom. The molecular weight excluding hydrogens is 252 g/mol. The topological polar surface area (TPSA) is 54.4 Å². The molecule has 0 aliphatic rings. The molecule has 0 aliphatic heterocycles. The molecule has 18 heavy (non-hydrogen) atoms. The standard InChI is InChI=1S/C14H11ClO3/c15-12-6-9-3-1-2-4-13(9)10(7-12)5-11(8-16)14(17)18/h1-4,6-8,11H,5H2,(H,17,18). The van der Waals surface area contributed by atoms with Gasteiger partial charge in [-0.05, 0) is 34.9 Å². The van der Waals surface area contributed by atoms with Crippen molar-refractivity contribution < 1.29 is 14.7 Å². The van der Waals surface area contributed by atoms with Crippen molar-refractivity contribution in [1.82, 2.24) is 0 Å². The first-order chi connectivity index (χ1) is 8.61. The summed E-state index contributed by atoms with van der Waals surface area (Å²) in [7, 11) is 0. The number of rotatable bonds is 4. The van der Waals surface area contributed by atoms with Gasteiger partial charge in [0, 0.05) is 5.02 Å². The van der Waals surface area contributed by atoms with E-state index in [-0.39, 0.29) is 6.42 Å². The van der Waals surface area contributed by atoms with E-state index in [9.17, 15) is 9.59 Å². The van der Waals surface area contributed by atoms with Gasteiger partial charge in [0.05, 0.1) is 0 Å². The Bertz CT molecular complexity index is 607. The maximum atomic E-state index is 10.9. The zero-order chi connectivity index (χ0) is 13.1. The lowest BCUT2D eigenvalue weighted by molar-refractivity contribution is -0.143. The van der Waals surface area contributed by atoms with Crippen LogP contribution in [0.1, 0.15) is 5.56 Å². The molecule has 0 aliphatic carbocycles. The fourth-order valence-corrected chi connectivity index (χ4v) is 2.20. The van der Waals surface area contributed by atoms with E-state index in [1.165, 1.54) is 0 Å². The number of fused-ring (bicyclic) bond motifs is 1. The van der Waals surface area contributed by atoms with Crippen molar-refractivity contribution in [2.75, 3.05) is 0 Å². The van der Waals surface area contributed by atoms with Gasteiger partial charge in [0.1, 0.15) is 12.2 Å². The smallest absolute Gasteiger partial charge is 0.314 e. The van der Waals surface area contributed by atoms with Gasteiger partial charge in [-0.25, -0.2) is 0 Å². The van der Waals surface area contributed by atoms with E-state index in [2.05, 4.69) is 0 Å². The Morgan fingerprint density at radius 3 is 2.72 bits per heavy atom. The van der Waals surface area contributed by atoms with E-state index in [0.29, 0.717) is 11.3 Å². The molecule has 92 valence electrons. The number of hydrogen-bond acceptors (Lipinski definition) is 2. The van der Waals surface area contributed by atoms with Crippen LogP contribution in [0.2, 0.25) is 5.02 Å². The summed E-state index contributed by atoms with van der Waals surface area (Å²) in [6.45, 7) is 0. The van der Waals surface area contributed by atoms with Crippen LogP contribution in [0.4, 0.5) is 0 Å². The number of aldehydes is 1. The summed E-state index contributed by atoms with van der Waals surface area (Å²) in [4.78, 5) is 21.6. The molecule has 0 spiro atoms. The van der Waals surface area contributed by atoms with Crippen molar-refractivity contribution >= 4 is 34.6 Å². The minimum absolute atomic E-state index is 0.153. The summed E-state index contributed by atoms with van der Waals surface area (Å²) in [5.41, 5.74) is 0.776. The summed E-state index contributed by atoms with van der Waals surface area (Å²) in [6, 6.07) is 11.1. The second-order valence-electron chi connectivity index (χ2n) is 4.07. The van der Waals surface area contributed by atoms with Gasteiger partial charge >= 0.3 is 5.97 Å². The fraction of sp³-hybridized carbons (Fsp3) is 0.143. The third-order valence-electron chi connectivity index (χ3n) is 2.83. The summed E-state index contributed by atoms with van der Waals surface area (Å²) < 4.78 is 0. The van der Waals surface area contributed by atoms with E-state index in [1.54, 1.807) is 6.07 Å². The largest absolute Gasteiger partial charge is 0.481 e. The molecule has 0 radical (unpaired) electrons. The SMILES string of the molecule is O=CC(Cc1cc(Cl)cc2ccccc12)C(=O)O. The Hall–Kier alpha value is -1.87. The number of carbonyl (C=O) groups is 2. The zero-order valence-corrected chi connectivity index (χ0v) is 10.2. The minimum atomic E-state index is -1.12. The summed E-state index contributed by atoms with van der Waals surface area (Å²) >= 11 is 5.99. The number of halogens is 1. The predicted molar refractivity (Wildman–Crippen MR) is 69.9 cm³/mol. The molecule has 0 saturated carbocycles. The van der Waals surface area contributed by atoms with Crippen molar-refractivity contribution in [3.05, 3.63) is 47.0 Å². The Morgan fingerprint density at radius 2 is 2.06 bits per heavy atom. The lowest BCUT2D eigenvalue weighted by atomic mass is 9.96. The van der Waals surface area contributed by atoms with E-state index >= 15 is 0 Å². The maximum Gasteiger partial charge on any atom is 0.314 e. The van der Waals surface area contributed by atoms with E-state index in [4.69, 9.17) is 16.7 Å². The second kappa shape index (κ2) is 5.19. The van der Waals surface area contributed by atoms with E-state index < -0.39 is 11.9 Å². The summed E-state index contributed by atoms with van der Waals surface area (Å²) in [5.74, 6) is -2.15. The molecule has 0 saturated heterocycles. The highest BCUT2D eigenvalue weighted by Crippen LogP contribution is 2.25. The molecular formula is C14H11ClO3. The number of carboxylic acid groups (broad SMARTS) is 1. The molecule has 1 atom stereocenters. The number of hydrogen-bond donors (Lipinski definition) is 1. The highest BCUT2D eigenvalue weighted by atomic mass is 35.5. The molecule has 4 heteroatoms. The maximum absolute atomic E-state index is 10.9. The molecule has 0 amide bonds. The molecule has 1 unspecified atom stereocenters. The van der Waals surface area contributed by atoms with Gasteiger partial charge in [0.25, 0.3) is 0 Å². The summed E-state index contributed by atoms with van der Waals surface area (Å²) in [5, 5.41) is 11.3. The third-order valence-corrected chi connectivity index (χ3v) is 3.05. The van der Waals surface area contributed by atoms with Gasteiger partial charge in [-0.3, -0.25) is 4.79 Å². The van der Waals surface area contributed by atoms with Gasteiger partial charge in [-0.15, -0.1) is 0 Å². The van der Waals surface area contributed by atoms with Crippen molar-refractivity contribution in [2.24, 2.45) is 5.92 Å². The predicted octanol–water partition coefficient (Wildman–Crippen LogP) is 2.94. The molecule has 2 aromatic rings. The van der Waals surface area contributed by atoms with Gasteiger partial charge in [0.2, 0.25) is 0 Å². The first-order valence-electron chi connectivity index (χ1n) is 5.47. The number of carboxylic acids is 1. The Labute approximate surface area is 109 Å². The van der Waals surface area contributed by atoms with Crippen LogP contribution in [0.25, 0.3) is 10.8 Å². The number of carbonyl (C=O) groups excluding carboxylic acids is 1. The highest BCUT2D eigenvalue weighted by Gasteiger charge is 2.18. The van der Waals surface area contributed by atoms with Crippen LogP contribution in [0, 0.1) is 5.92 Å². The van der Waals surface area contributed by atoms with Gasteiger partial charge < -0.3 is 9.90 Å². The zero-order valence-electron chi connectivity index (χ0n) is 9.47.